The summed E-state index contributed by atoms with van der Waals surface area (Å²) in [5, 5.41) is 0. The Morgan fingerprint density at radius 3 is 2.42 bits per heavy atom. The van der Waals surface area contributed by atoms with Crippen molar-refractivity contribution >= 4 is 18.3 Å². The van der Waals surface area contributed by atoms with Gasteiger partial charge in [0.2, 0.25) is 0 Å². The normalized spacial score (nSPS) is 19.7. The van der Waals surface area contributed by atoms with Gasteiger partial charge in [-0.2, -0.15) is 0 Å². The maximum Gasteiger partial charge on any atom is 0.253 e. The van der Waals surface area contributed by atoms with Crippen molar-refractivity contribution in [1.82, 2.24) is 4.90 Å². The zero-order valence-electron chi connectivity index (χ0n) is 13.7. The summed E-state index contributed by atoms with van der Waals surface area (Å²) < 4.78 is 5.41. The number of likely N-dealkylation sites (tertiary alicyclic amines) is 1. The lowest BCUT2D eigenvalue weighted by Crippen LogP contribution is -2.32. The summed E-state index contributed by atoms with van der Waals surface area (Å²) >= 11 is 0. The standard InChI is InChI=1S/C19H22N2O2.ClH/c1-2-23-16-10-8-15(9-11-16)19(22)21-12-17(18(20)13-21)14-6-4-3-5-7-14;/h3-11,17-18H,2,12-13,20H2,1H3;1H/t17-,18+;/m0./s1. The Morgan fingerprint density at radius 2 is 1.79 bits per heavy atom. The number of benzene rings is 2. The van der Waals surface area contributed by atoms with Crippen molar-refractivity contribution in [2.75, 3.05) is 19.7 Å². The lowest BCUT2D eigenvalue weighted by molar-refractivity contribution is 0.0789. The summed E-state index contributed by atoms with van der Waals surface area (Å²) in [6.45, 7) is 3.81. The summed E-state index contributed by atoms with van der Waals surface area (Å²) in [4.78, 5) is 14.5. The molecule has 1 aliphatic heterocycles. The second-order valence-electron chi connectivity index (χ2n) is 5.85. The summed E-state index contributed by atoms with van der Waals surface area (Å²) in [6.07, 6.45) is 0. The first-order valence-corrected chi connectivity index (χ1v) is 8.01. The third-order valence-electron chi connectivity index (χ3n) is 4.29. The number of nitrogens with zero attached hydrogens (tertiary/aromatic N) is 1. The van der Waals surface area contributed by atoms with Crippen LogP contribution in [0, 0.1) is 0 Å². The van der Waals surface area contributed by atoms with E-state index in [0.29, 0.717) is 25.3 Å². The molecule has 1 aliphatic rings. The molecule has 0 aliphatic carbocycles. The number of halogens is 1. The van der Waals surface area contributed by atoms with Gasteiger partial charge in [0.1, 0.15) is 5.75 Å². The van der Waals surface area contributed by atoms with Crippen molar-refractivity contribution in [2.45, 2.75) is 18.9 Å². The summed E-state index contributed by atoms with van der Waals surface area (Å²) in [6, 6.07) is 17.4. The molecule has 2 atom stereocenters. The number of carbonyl (C=O) groups is 1. The fourth-order valence-corrected chi connectivity index (χ4v) is 3.09. The van der Waals surface area contributed by atoms with Crippen molar-refractivity contribution in [2.24, 2.45) is 5.73 Å². The van der Waals surface area contributed by atoms with Gasteiger partial charge in [0.25, 0.3) is 5.91 Å². The minimum absolute atomic E-state index is 0. The van der Waals surface area contributed by atoms with Crippen LogP contribution >= 0.6 is 12.4 Å². The predicted octanol–water partition coefficient (Wildman–Crippen LogP) is 3.07. The maximum atomic E-state index is 12.7. The largest absolute Gasteiger partial charge is 0.494 e. The number of hydrogen-bond acceptors (Lipinski definition) is 3. The molecule has 0 bridgehead atoms. The lowest BCUT2D eigenvalue weighted by atomic mass is 9.95. The highest BCUT2D eigenvalue weighted by atomic mass is 35.5. The van der Waals surface area contributed by atoms with E-state index < -0.39 is 0 Å². The van der Waals surface area contributed by atoms with Gasteiger partial charge in [-0.05, 0) is 36.8 Å². The fraction of sp³-hybridized carbons (Fsp3) is 0.316. The van der Waals surface area contributed by atoms with Crippen LogP contribution in [-0.2, 0) is 0 Å². The minimum atomic E-state index is -0.0240. The average Bonchev–Trinajstić information content (AvgIpc) is 2.98. The second kappa shape index (κ2) is 8.18. The van der Waals surface area contributed by atoms with Gasteiger partial charge in [0.15, 0.2) is 0 Å². The number of hydrogen-bond donors (Lipinski definition) is 1. The van der Waals surface area contributed by atoms with Crippen molar-refractivity contribution in [3.8, 4) is 5.75 Å². The fourth-order valence-electron chi connectivity index (χ4n) is 3.09. The molecule has 2 N–H and O–H groups in total. The van der Waals surface area contributed by atoms with Gasteiger partial charge in [-0.15, -0.1) is 12.4 Å². The molecule has 128 valence electrons. The molecule has 24 heavy (non-hydrogen) atoms. The van der Waals surface area contributed by atoms with E-state index in [4.69, 9.17) is 10.5 Å². The molecule has 1 fully saturated rings. The van der Waals surface area contributed by atoms with Crippen LogP contribution in [0.1, 0.15) is 28.8 Å². The van der Waals surface area contributed by atoms with Crippen LogP contribution in [0.25, 0.3) is 0 Å². The Hall–Kier alpha value is -2.04. The van der Waals surface area contributed by atoms with Crippen LogP contribution in [0.4, 0.5) is 0 Å². The van der Waals surface area contributed by atoms with Crippen LogP contribution in [0.5, 0.6) is 5.75 Å². The zero-order chi connectivity index (χ0) is 16.2. The Kier molecular flexibility index (Phi) is 6.23. The third-order valence-corrected chi connectivity index (χ3v) is 4.29. The Morgan fingerprint density at radius 1 is 1.12 bits per heavy atom. The highest BCUT2D eigenvalue weighted by molar-refractivity contribution is 5.94. The second-order valence-corrected chi connectivity index (χ2v) is 5.85. The molecule has 1 saturated heterocycles. The van der Waals surface area contributed by atoms with E-state index >= 15 is 0 Å². The number of amides is 1. The van der Waals surface area contributed by atoms with Crippen LogP contribution in [-0.4, -0.2) is 36.5 Å². The first-order chi connectivity index (χ1) is 11.2. The number of nitrogens with two attached hydrogens (primary N) is 1. The molecule has 3 rings (SSSR count). The van der Waals surface area contributed by atoms with Gasteiger partial charge in [-0.3, -0.25) is 4.79 Å². The third kappa shape index (κ3) is 3.89. The van der Waals surface area contributed by atoms with Gasteiger partial charge in [-0.25, -0.2) is 0 Å². The first kappa shape index (κ1) is 18.3. The van der Waals surface area contributed by atoms with Crippen molar-refractivity contribution in [1.29, 1.82) is 0 Å². The average molecular weight is 347 g/mol. The number of ether oxygens (including phenoxy) is 1. The van der Waals surface area contributed by atoms with E-state index in [1.165, 1.54) is 5.56 Å². The number of carbonyl (C=O) groups excluding carboxylic acids is 1. The monoisotopic (exact) mass is 346 g/mol. The summed E-state index contributed by atoms with van der Waals surface area (Å²) in [7, 11) is 0. The summed E-state index contributed by atoms with van der Waals surface area (Å²) in [5.74, 6) is 1.01. The molecule has 0 radical (unpaired) electrons. The maximum absolute atomic E-state index is 12.7. The topological polar surface area (TPSA) is 55.6 Å². The molecular weight excluding hydrogens is 324 g/mol. The van der Waals surface area contributed by atoms with Crippen molar-refractivity contribution in [3.63, 3.8) is 0 Å². The van der Waals surface area contributed by atoms with Crippen LogP contribution in [0.3, 0.4) is 0 Å². The van der Waals surface area contributed by atoms with E-state index in [0.717, 1.165) is 5.75 Å². The zero-order valence-corrected chi connectivity index (χ0v) is 14.5. The predicted molar refractivity (Wildman–Crippen MR) is 97.9 cm³/mol. The smallest absolute Gasteiger partial charge is 0.253 e. The van der Waals surface area contributed by atoms with E-state index in [-0.39, 0.29) is 30.3 Å². The van der Waals surface area contributed by atoms with Gasteiger partial charge in [0.05, 0.1) is 6.61 Å². The Balaban J connectivity index is 0.00000208. The molecule has 4 nitrogen and oxygen atoms in total. The molecule has 0 unspecified atom stereocenters. The Bertz CT molecular complexity index is 661. The molecule has 1 heterocycles. The van der Waals surface area contributed by atoms with Crippen LogP contribution < -0.4 is 10.5 Å². The highest BCUT2D eigenvalue weighted by Crippen LogP contribution is 2.27. The Labute approximate surface area is 149 Å². The van der Waals surface area contributed by atoms with E-state index in [2.05, 4.69) is 12.1 Å². The molecule has 5 heteroatoms. The van der Waals surface area contributed by atoms with Gasteiger partial charge < -0.3 is 15.4 Å². The van der Waals surface area contributed by atoms with Crippen molar-refractivity contribution in [3.05, 3.63) is 65.7 Å². The molecule has 2 aromatic carbocycles. The molecular formula is C19H23ClN2O2. The van der Waals surface area contributed by atoms with Crippen LogP contribution in [0.2, 0.25) is 0 Å². The SMILES string of the molecule is CCOc1ccc(C(=O)N2C[C@@H](N)[C@H](c3ccccc3)C2)cc1.Cl. The lowest BCUT2D eigenvalue weighted by Gasteiger charge is -2.17. The molecule has 0 aromatic heterocycles. The van der Waals surface area contributed by atoms with Gasteiger partial charge in [-0.1, -0.05) is 30.3 Å². The van der Waals surface area contributed by atoms with Crippen LogP contribution in [0.15, 0.2) is 54.6 Å². The summed E-state index contributed by atoms with van der Waals surface area (Å²) in [5.41, 5.74) is 8.14. The molecule has 2 aromatic rings. The van der Waals surface area contributed by atoms with Crippen molar-refractivity contribution < 1.29 is 9.53 Å². The minimum Gasteiger partial charge on any atom is -0.494 e. The number of rotatable bonds is 4. The van der Waals surface area contributed by atoms with E-state index in [1.807, 2.05) is 54.3 Å². The molecule has 0 saturated carbocycles. The first-order valence-electron chi connectivity index (χ1n) is 8.01. The van der Waals surface area contributed by atoms with Gasteiger partial charge in [0, 0.05) is 30.6 Å². The van der Waals surface area contributed by atoms with E-state index in [1.54, 1.807) is 0 Å². The van der Waals surface area contributed by atoms with Gasteiger partial charge >= 0.3 is 0 Å². The van der Waals surface area contributed by atoms with E-state index in [9.17, 15) is 4.79 Å². The molecule has 0 spiro atoms. The molecule has 1 amide bonds. The highest BCUT2D eigenvalue weighted by Gasteiger charge is 2.34. The quantitative estimate of drug-likeness (QED) is 0.925.